The van der Waals surface area contributed by atoms with Gasteiger partial charge in [0.1, 0.15) is 5.82 Å². The quantitative estimate of drug-likeness (QED) is 0.889. The Bertz CT molecular complexity index is 745. The van der Waals surface area contributed by atoms with Crippen molar-refractivity contribution in [3.8, 4) is 0 Å². The SMILES string of the molecule is O=S(=O)(CCNc1cnc2ccccc2n1)N1CCSCC1. The van der Waals surface area contributed by atoms with Gasteiger partial charge in [0.15, 0.2) is 0 Å². The third kappa shape index (κ3) is 3.68. The molecule has 0 amide bonds. The summed E-state index contributed by atoms with van der Waals surface area (Å²) in [6.07, 6.45) is 1.63. The summed E-state index contributed by atoms with van der Waals surface area (Å²) in [7, 11) is -3.19. The van der Waals surface area contributed by atoms with Crippen molar-refractivity contribution < 1.29 is 8.42 Å². The molecule has 6 nitrogen and oxygen atoms in total. The van der Waals surface area contributed by atoms with Gasteiger partial charge in [0.25, 0.3) is 0 Å². The van der Waals surface area contributed by atoms with Gasteiger partial charge in [-0.2, -0.15) is 11.8 Å². The second kappa shape index (κ2) is 6.80. The van der Waals surface area contributed by atoms with E-state index in [4.69, 9.17) is 0 Å². The third-order valence-corrected chi connectivity index (χ3v) is 6.29. The van der Waals surface area contributed by atoms with Crippen molar-refractivity contribution in [3.05, 3.63) is 30.5 Å². The average molecular weight is 338 g/mol. The first kappa shape index (κ1) is 15.5. The molecule has 1 fully saturated rings. The third-order valence-electron chi connectivity index (χ3n) is 3.48. The van der Waals surface area contributed by atoms with Gasteiger partial charge in [0.2, 0.25) is 10.0 Å². The highest BCUT2D eigenvalue weighted by Crippen LogP contribution is 2.14. The molecule has 0 aliphatic carbocycles. The number of rotatable bonds is 5. The van der Waals surface area contributed by atoms with Crippen molar-refractivity contribution in [2.24, 2.45) is 0 Å². The van der Waals surface area contributed by atoms with Gasteiger partial charge in [-0.05, 0) is 12.1 Å². The standard InChI is InChI=1S/C14H18N4O2S2/c19-22(20,18-6-8-21-9-7-18)10-5-15-14-11-16-12-3-1-2-4-13(12)17-14/h1-4,11H,5-10H2,(H,15,17). The number of sulfonamides is 1. The summed E-state index contributed by atoms with van der Waals surface area (Å²) >= 11 is 1.80. The fourth-order valence-corrected chi connectivity index (χ4v) is 4.80. The van der Waals surface area contributed by atoms with Crippen LogP contribution in [-0.4, -0.2) is 59.6 Å². The molecule has 0 radical (unpaired) electrons. The summed E-state index contributed by atoms with van der Waals surface area (Å²) in [5.74, 6) is 2.43. The molecule has 1 aliphatic rings. The minimum Gasteiger partial charge on any atom is -0.368 e. The predicted molar refractivity (Wildman–Crippen MR) is 90.7 cm³/mol. The molecule has 0 unspecified atom stereocenters. The lowest BCUT2D eigenvalue weighted by atomic mass is 10.3. The fraction of sp³-hybridized carbons (Fsp3) is 0.429. The fourth-order valence-electron chi connectivity index (χ4n) is 2.30. The lowest BCUT2D eigenvalue weighted by Gasteiger charge is -2.25. The van der Waals surface area contributed by atoms with Crippen LogP contribution < -0.4 is 5.32 Å². The van der Waals surface area contributed by atoms with Crippen LogP contribution in [0.5, 0.6) is 0 Å². The van der Waals surface area contributed by atoms with Crippen molar-refractivity contribution in [1.82, 2.24) is 14.3 Å². The number of aromatic nitrogens is 2. The molecule has 2 heterocycles. The highest BCUT2D eigenvalue weighted by molar-refractivity contribution is 7.99. The number of anilines is 1. The summed E-state index contributed by atoms with van der Waals surface area (Å²) in [6.45, 7) is 1.56. The number of hydrogen-bond donors (Lipinski definition) is 1. The van der Waals surface area contributed by atoms with E-state index < -0.39 is 10.0 Å². The van der Waals surface area contributed by atoms with E-state index in [1.807, 2.05) is 24.3 Å². The number of thioether (sulfide) groups is 1. The first-order valence-electron chi connectivity index (χ1n) is 7.16. The van der Waals surface area contributed by atoms with E-state index in [2.05, 4.69) is 15.3 Å². The summed E-state index contributed by atoms with van der Waals surface area (Å²) in [5.41, 5.74) is 1.62. The second-order valence-corrected chi connectivity index (χ2v) is 8.31. The molecular weight excluding hydrogens is 320 g/mol. The zero-order valence-electron chi connectivity index (χ0n) is 12.1. The number of fused-ring (bicyclic) bond motifs is 1. The molecule has 0 spiro atoms. The normalized spacial score (nSPS) is 16.7. The molecule has 0 saturated carbocycles. The van der Waals surface area contributed by atoms with E-state index in [1.165, 1.54) is 0 Å². The number of benzene rings is 1. The Kier molecular flexibility index (Phi) is 4.80. The lowest BCUT2D eigenvalue weighted by molar-refractivity contribution is 0.444. The van der Waals surface area contributed by atoms with E-state index in [9.17, 15) is 8.42 Å². The van der Waals surface area contributed by atoms with Gasteiger partial charge in [-0.15, -0.1) is 0 Å². The molecule has 0 atom stereocenters. The van der Waals surface area contributed by atoms with Crippen LogP contribution in [0.25, 0.3) is 11.0 Å². The van der Waals surface area contributed by atoms with Gasteiger partial charge in [0.05, 0.1) is 23.0 Å². The molecule has 8 heteroatoms. The minimum absolute atomic E-state index is 0.0756. The minimum atomic E-state index is -3.19. The van der Waals surface area contributed by atoms with Crippen LogP contribution in [0, 0.1) is 0 Å². The Morgan fingerprint density at radius 2 is 1.91 bits per heavy atom. The van der Waals surface area contributed by atoms with Crippen LogP contribution in [-0.2, 0) is 10.0 Å². The Labute approximate surface area is 134 Å². The molecule has 3 rings (SSSR count). The van der Waals surface area contributed by atoms with Gasteiger partial charge >= 0.3 is 0 Å². The van der Waals surface area contributed by atoms with E-state index in [-0.39, 0.29) is 5.75 Å². The van der Waals surface area contributed by atoms with E-state index in [0.29, 0.717) is 25.5 Å². The van der Waals surface area contributed by atoms with Crippen LogP contribution in [0.3, 0.4) is 0 Å². The van der Waals surface area contributed by atoms with E-state index >= 15 is 0 Å². The van der Waals surface area contributed by atoms with Gasteiger partial charge in [0, 0.05) is 31.1 Å². The van der Waals surface area contributed by atoms with Crippen LogP contribution >= 0.6 is 11.8 Å². The maximum atomic E-state index is 12.2. The van der Waals surface area contributed by atoms with Crippen molar-refractivity contribution in [1.29, 1.82) is 0 Å². The molecule has 1 N–H and O–H groups in total. The largest absolute Gasteiger partial charge is 0.368 e. The number of para-hydroxylation sites is 2. The maximum Gasteiger partial charge on any atom is 0.215 e. The van der Waals surface area contributed by atoms with Gasteiger partial charge in [-0.3, -0.25) is 4.98 Å². The summed E-state index contributed by atoms with van der Waals surface area (Å²) in [4.78, 5) is 8.72. The Morgan fingerprint density at radius 3 is 2.68 bits per heavy atom. The van der Waals surface area contributed by atoms with Crippen LogP contribution in [0.15, 0.2) is 30.5 Å². The predicted octanol–water partition coefficient (Wildman–Crippen LogP) is 1.42. The summed E-state index contributed by atoms with van der Waals surface area (Å²) in [6, 6.07) is 7.59. The maximum absolute atomic E-state index is 12.2. The van der Waals surface area contributed by atoms with Crippen LogP contribution in [0.2, 0.25) is 0 Å². The first-order valence-corrected chi connectivity index (χ1v) is 9.93. The molecule has 1 aromatic heterocycles. The van der Waals surface area contributed by atoms with Crippen LogP contribution in [0.4, 0.5) is 5.82 Å². The summed E-state index contributed by atoms with van der Waals surface area (Å²) < 4.78 is 26.0. The highest BCUT2D eigenvalue weighted by atomic mass is 32.2. The number of nitrogens with zero attached hydrogens (tertiary/aromatic N) is 3. The Balaban J connectivity index is 1.59. The molecular formula is C14H18N4O2S2. The Hall–Kier alpha value is -1.38. The molecule has 1 aromatic carbocycles. The van der Waals surface area contributed by atoms with Gasteiger partial charge < -0.3 is 5.32 Å². The molecule has 1 saturated heterocycles. The number of nitrogens with one attached hydrogen (secondary N) is 1. The van der Waals surface area contributed by atoms with Crippen molar-refractivity contribution >= 4 is 38.6 Å². The lowest BCUT2D eigenvalue weighted by Crippen LogP contribution is -2.40. The van der Waals surface area contributed by atoms with Crippen molar-refractivity contribution in [2.45, 2.75) is 0 Å². The second-order valence-electron chi connectivity index (χ2n) is 5.00. The zero-order chi connectivity index (χ0) is 15.4. The monoisotopic (exact) mass is 338 g/mol. The molecule has 2 aromatic rings. The van der Waals surface area contributed by atoms with E-state index in [0.717, 1.165) is 22.5 Å². The van der Waals surface area contributed by atoms with Crippen molar-refractivity contribution in [2.75, 3.05) is 42.2 Å². The smallest absolute Gasteiger partial charge is 0.215 e. The number of hydrogen-bond acceptors (Lipinski definition) is 6. The highest BCUT2D eigenvalue weighted by Gasteiger charge is 2.23. The molecule has 118 valence electrons. The molecule has 0 bridgehead atoms. The zero-order valence-corrected chi connectivity index (χ0v) is 13.7. The first-order chi connectivity index (χ1) is 10.6. The van der Waals surface area contributed by atoms with Gasteiger partial charge in [-0.1, -0.05) is 12.1 Å². The Morgan fingerprint density at radius 1 is 1.18 bits per heavy atom. The topological polar surface area (TPSA) is 75.2 Å². The average Bonchev–Trinajstić information content (AvgIpc) is 2.55. The van der Waals surface area contributed by atoms with Crippen LogP contribution in [0.1, 0.15) is 0 Å². The molecule has 22 heavy (non-hydrogen) atoms. The van der Waals surface area contributed by atoms with Crippen molar-refractivity contribution in [3.63, 3.8) is 0 Å². The summed E-state index contributed by atoms with van der Waals surface area (Å²) in [5, 5.41) is 3.05. The molecule has 1 aliphatic heterocycles. The van der Waals surface area contributed by atoms with E-state index in [1.54, 1.807) is 22.3 Å². The van der Waals surface area contributed by atoms with Gasteiger partial charge in [-0.25, -0.2) is 17.7 Å².